The Balaban J connectivity index is 1.68. The molecule has 0 aliphatic carbocycles. The number of rotatable bonds is 4. The van der Waals surface area contributed by atoms with Crippen LogP contribution in [0.25, 0.3) is 11.0 Å². The van der Waals surface area contributed by atoms with Crippen molar-refractivity contribution >= 4 is 40.2 Å². The van der Waals surface area contributed by atoms with E-state index in [1.165, 1.54) is 4.57 Å². The third-order valence-electron chi connectivity index (χ3n) is 5.19. The van der Waals surface area contributed by atoms with E-state index in [-0.39, 0.29) is 23.7 Å². The van der Waals surface area contributed by atoms with Crippen molar-refractivity contribution in [1.29, 1.82) is 0 Å². The normalized spacial score (nSPS) is 15.1. The Morgan fingerprint density at radius 1 is 1.24 bits per heavy atom. The molecule has 152 valence electrons. The fourth-order valence-corrected chi connectivity index (χ4v) is 3.91. The minimum atomic E-state index is -0.350. The molecule has 1 aliphatic rings. The zero-order valence-corrected chi connectivity index (χ0v) is 17.3. The van der Waals surface area contributed by atoms with Gasteiger partial charge in [0, 0.05) is 38.3 Å². The zero-order valence-electron chi connectivity index (χ0n) is 15.8. The molecule has 0 radical (unpaired) electrons. The highest BCUT2D eigenvalue weighted by Gasteiger charge is 2.21. The van der Waals surface area contributed by atoms with Crippen LogP contribution in [0.2, 0.25) is 10.0 Å². The summed E-state index contributed by atoms with van der Waals surface area (Å²) in [6.45, 7) is 1.76. The van der Waals surface area contributed by atoms with Gasteiger partial charge in [-0.3, -0.25) is 9.36 Å². The summed E-state index contributed by atoms with van der Waals surface area (Å²) >= 11 is 12.3. The highest BCUT2D eigenvalue weighted by atomic mass is 35.5. The highest BCUT2D eigenvalue weighted by Crippen LogP contribution is 2.35. The number of ether oxygens (including phenoxy) is 1. The number of hydrogen-bond acceptors (Lipinski definition) is 6. The predicted molar refractivity (Wildman–Crippen MR) is 113 cm³/mol. The molecule has 7 nitrogen and oxygen atoms in total. The maximum absolute atomic E-state index is 12.8. The summed E-state index contributed by atoms with van der Waals surface area (Å²) < 4.78 is 7.18. The third kappa shape index (κ3) is 3.90. The molecule has 0 amide bonds. The number of benzene rings is 1. The van der Waals surface area contributed by atoms with Crippen LogP contribution >= 0.6 is 23.2 Å². The van der Waals surface area contributed by atoms with Gasteiger partial charge in [-0.15, -0.1) is 0 Å². The molecule has 29 heavy (non-hydrogen) atoms. The van der Waals surface area contributed by atoms with Crippen LogP contribution in [-0.4, -0.2) is 39.3 Å². The van der Waals surface area contributed by atoms with Gasteiger partial charge in [0.15, 0.2) is 11.5 Å². The number of aryl methyl sites for hydroxylation is 1. The van der Waals surface area contributed by atoms with Gasteiger partial charge >= 0.3 is 0 Å². The molecular formula is C20H20Cl2N4O3. The summed E-state index contributed by atoms with van der Waals surface area (Å²) in [5, 5.41) is 10.6. The Morgan fingerprint density at radius 3 is 2.59 bits per heavy atom. The van der Waals surface area contributed by atoms with Crippen LogP contribution in [0.15, 0.2) is 35.3 Å². The lowest BCUT2D eigenvalue weighted by atomic mass is 9.98. The van der Waals surface area contributed by atoms with E-state index in [2.05, 4.69) is 14.9 Å². The van der Waals surface area contributed by atoms with Gasteiger partial charge in [0.05, 0.1) is 10.0 Å². The number of aliphatic hydroxyl groups excluding tert-OH is 1. The van der Waals surface area contributed by atoms with Crippen molar-refractivity contribution in [3.05, 3.63) is 50.9 Å². The number of hydrogen-bond donors (Lipinski definition) is 1. The first kappa shape index (κ1) is 19.9. The summed E-state index contributed by atoms with van der Waals surface area (Å²) in [4.78, 5) is 24.0. The lowest BCUT2D eigenvalue weighted by Crippen LogP contribution is -2.36. The smallest absolute Gasteiger partial charge is 0.294 e. The molecule has 1 aromatic carbocycles. The summed E-state index contributed by atoms with van der Waals surface area (Å²) in [5.41, 5.74) is 0.166. The van der Waals surface area contributed by atoms with Crippen LogP contribution in [0.5, 0.6) is 11.5 Å². The van der Waals surface area contributed by atoms with Gasteiger partial charge in [-0.25, -0.2) is 4.98 Å². The monoisotopic (exact) mass is 434 g/mol. The van der Waals surface area contributed by atoms with Gasteiger partial charge in [-0.2, -0.15) is 4.98 Å². The van der Waals surface area contributed by atoms with Crippen LogP contribution in [0.1, 0.15) is 12.8 Å². The Labute approximate surface area is 177 Å². The Morgan fingerprint density at radius 2 is 1.93 bits per heavy atom. The van der Waals surface area contributed by atoms with E-state index >= 15 is 0 Å². The molecule has 4 rings (SSSR count). The van der Waals surface area contributed by atoms with Crippen molar-refractivity contribution < 1.29 is 9.84 Å². The second-order valence-corrected chi connectivity index (χ2v) is 7.90. The van der Waals surface area contributed by atoms with Gasteiger partial charge in [-0.05, 0) is 37.0 Å². The quantitative estimate of drug-likeness (QED) is 0.674. The van der Waals surface area contributed by atoms with Crippen LogP contribution < -0.4 is 15.2 Å². The van der Waals surface area contributed by atoms with E-state index in [4.69, 9.17) is 27.9 Å². The van der Waals surface area contributed by atoms with Crippen LogP contribution in [0, 0.1) is 5.92 Å². The standard InChI is InChI=1S/C20H20Cl2N4O3/c1-25-18-13(10-23-20(24-18)26-7-5-12(11-27)6-8-26)9-16(19(25)28)29-17-14(21)3-2-4-15(17)22/h2-4,9-10,12,27H,5-8,11H2,1H3. The molecule has 0 bridgehead atoms. The van der Waals surface area contributed by atoms with E-state index < -0.39 is 0 Å². The van der Waals surface area contributed by atoms with Gasteiger partial charge in [0.2, 0.25) is 5.95 Å². The molecule has 0 atom stereocenters. The SMILES string of the molecule is Cn1c(=O)c(Oc2c(Cl)cccc2Cl)cc2cnc(N3CCC(CO)CC3)nc21. The number of fused-ring (bicyclic) bond motifs is 1. The summed E-state index contributed by atoms with van der Waals surface area (Å²) in [6, 6.07) is 6.58. The molecule has 1 aliphatic heterocycles. The van der Waals surface area contributed by atoms with Gasteiger partial charge < -0.3 is 14.7 Å². The molecule has 1 N–H and O–H groups in total. The average molecular weight is 435 g/mol. The number of piperidine rings is 1. The van der Waals surface area contributed by atoms with Crippen molar-refractivity contribution in [1.82, 2.24) is 14.5 Å². The molecule has 0 saturated carbocycles. The van der Waals surface area contributed by atoms with Crippen LogP contribution in [0.4, 0.5) is 5.95 Å². The molecule has 1 fully saturated rings. The van der Waals surface area contributed by atoms with Crippen molar-refractivity contribution in [2.45, 2.75) is 12.8 Å². The van der Waals surface area contributed by atoms with Crippen molar-refractivity contribution in [2.75, 3.05) is 24.6 Å². The molecule has 3 heterocycles. The Kier molecular flexibility index (Phi) is 5.63. The second kappa shape index (κ2) is 8.18. The summed E-state index contributed by atoms with van der Waals surface area (Å²) in [7, 11) is 1.64. The van der Waals surface area contributed by atoms with Gasteiger partial charge in [0.1, 0.15) is 5.65 Å². The minimum absolute atomic E-state index is 0.0927. The fourth-order valence-electron chi connectivity index (χ4n) is 3.44. The maximum atomic E-state index is 12.8. The molecule has 2 aromatic heterocycles. The first-order chi connectivity index (χ1) is 14.0. The third-order valence-corrected chi connectivity index (χ3v) is 5.78. The summed E-state index contributed by atoms with van der Waals surface area (Å²) in [5.74, 6) is 1.23. The molecule has 3 aromatic rings. The molecule has 0 unspecified atom stereocenters. The largest absolute Gasteiger partial charge is 0.448 e. The van der Waals surface area contributed by atoms with Crippen molar-refractivity contribution in [2.24, 2.45) is 13.0 Å². The zero-order chi connectivity index (χ0) is 20.5. The van der Waals surface area contributed by atoms with Crippen LogP contribution in [-0.2, 0) is 7.05 Å². The predicted octanol–water partition coefficient (Wildman–Crippen LogP) is 3.64. The highest BCUT2D eigenvalue weighted by molar-refractivity contribution is 6.37. The van der Waals surface area contributed by atoms with Crippen molar-refractivity contribution in [3.8, 4) is 11.5 Å². The molecule has 9 heteroatoms. The lowest BCUT2D eigenvalue weighted by Gasteiger charge is -2.31. The summed E-state index contributed by atoms with van der Waals surface area (Å²) in [6.07, 6.45) is 3.46. The minimum Gasteiger partial charge on any atom is -0.448 e. The van der Waals surface area contributed by atoms with E-state index in [0.717, 1.165) is 25.9 Å². The first-order valence-corrected chi connectivity index (χ1v) is 10.1. The number of anilines is 1. The Bertz CT molecular complexity index is 1090. The maximum Gasteiger partial charge on any atom is 0.294 e. The van der Waals surface area contributed by atoms with Crippen LogP contribution in [0.3, 0.4) is 0 Å². The number of aliphatic hydroxyl groups is 1. The molecule has 0 spiro atoms. The van der Waals surface area contributed by atoms with Gasteiger partial charge in [0.25, 0.3) is 5.56 Å². The molecular weight excluding hydrogens is 415 g/mol. The number of halogens is 2. The number of aromatic nitrogens is 3. The average Bonchev–Trinajstić information content (AvgIpc) is 2.74. The second-order valence-electron chi connectivity index (χ2n) is 7.09. The van der Waals surface area contributed by atoms with Gasteiger partial charge in [-0.1, -0.05) is 29.3 Å². The lowest BCUT2D eigenvalue weighted by molar-refractivity contribution is 0.202. The fraction of sp³-hybridized carbons (Fsp3) is 0.350. The van der Waals surface area contributed by atoms with Crippen molar-refractivity contribution in [3.63, 3.8) is 0 Å². The number of para-hydroxylation sites is 1. The Hall–Kier alpha value is -2.35. The number of pyridine rings is 1. The molecule has 1 saturated heterocycles. The number of nitrogens with zero attached hydrogens (tertiary/aromatic N) is 4. The van der Waals surface area contributed by atoms with E-state index in [9.17, 15) is 9.90 Å². The van der Waals surface area contributed by atoms with E-state index in [0.29, 0.717) is 32.9 Å². The van der Waals surface area contributed by atoms with E-state index in [1.807, 2.05) is 0 Å². The van der Waals surface area contributed by atoms with E-state index in [1.54, 1.807) is 37.5 Å². The topological polar surface area (TPSA) is 80.5 Å². The first-order valence-electron chi connectivity index (χ1n) is 9.32.